The Morgan fingerprint density at radius 3 is 2.16 bits per heavy atom. The molecule has 9 heteroatoms. The maximum Gasteiger partial charge on any atom is 0.291 e. The molecule has 0 bridgehead atoms. The number of fused-ring (bicyclic) bond motifs is 1. The number of benzene rings is 3. The van der Waals surface area contributed by atoms with E-state index in [1.165, 1.54) is 35.1 Å². The molecule has 0 aliphatic heterocycles. The summed E-state index contributed by atoms with van der Waals surface area (Å²) in [7, 11) is 0. The van der Waals surface area contributed by atoms with Gasteiger partial charge in [-0.2, -0.15) is 14.6 Å². The molecule has 6 rings (SSSR count). The Bertz CT molecular complexity index is 1930. The Balaban J connectivity index is 1.31. The molecule has 0 saturated heterocycles. The molecule has 6 aromatic rings. The number of unbranched alkanes of at least 4 members (excludes halogenated alkanes) is 3. The number of nitrogens with zero attached hydrogens (tertiary/aromatic N) is 5. The van der Waals surface area contributed by atoms with Gasteiger partial charge in [-0.3, -0.25) is 4.79 Å². The van der Waals surface area contributed by atoms with Crippen LogP contribution in [0.25, 0.3) is 39.4 Å². The third-order valence-corrected chi connectivity index (χ3v) is 8.17. The lowest BCUT2D eigenvalue weighted by molar-refractivity contribution is 0.305. The van der Waals surface area contributed by atoms with Crippen molar-refractivity contribution in [2.24, 2.45) is 0 Å². The molecule has 0 atom stereocenters. The van der Waals surface area contributed by atoms with E-state index in [4.69, 9.17) is 14.6 Å². The number of ether oxygens (including phenoxy) is 2. The van der Waals surface area contributed by atoms with E-state index in [1.54, 1.807) is 0 Å². The van der Waals surface area contributed by atoms with Crippen LogP contribution in [0.2, 0.25) is 0 Å². The van der Waals surface area contributed by atoms with Crippen molar-refractivity contribution < 1.29 is 9.47 Å². The minimum Gasteiger partial charge on any atom is -0.494 e. The van der Waals surface area contributed by atoms with E-state index in [1.807, 2.05) is 95.8 Å². The lowest BCUT2D eigenvalue weighted by Crippen LogP contribution is -2.23. The quantitative estimate of drug-likeness (QED) is 0.132. The minimum absolute atomic E-state index is 0.211. The molecule has 0 amide bonds. The lowest BCUT2D eigenvalue weighted by Gasteiger charge is -2.07. The van der Waals surface area contributed by atoms with E-state index < -0.39 is 0 Å². The van der Waals surface area contributed by atoms with Gasteiger partial charge < -0.3 is 9.47 Å². The van der Waals surface area contributed by atoms with Gasteiger partial charge in [-0.15, -0.1) is 5.10 Å². The molecule has 3 heterocycles. The third kappa shape index (κ3) is 6.58. The topological polar surface area (TPSA) is 83.5 Å². The molecule has 0 unspecified atom stereocenters. The average molecular weight is 606 g/mol. The van der Waals surface area contributed by atoms with Gasteiger partial charge in [-0.05, 0) is 79.6 Å². The van der Waals surface area contributed by atoms with Crippen molar-refractivity contribution >= 4 is 22.4 Å². The second-order valence-corrected chi connectivity index (χ2v) is 11.6. The zero-order valence-electron chi connectivity index (χ0n) is 25.0. The molecule has 44 heavy (non-hydrogen) atoms. The average Bonchev–Trinajstić information content (AvgIpc) is 3.76. The molecule has 224 valence electrons. The van der Waals surface area contributed by atoms with Crippen molar-refractivity contribution in [2.45, 2.75) is 46.0 Å². The van der Waals surface area contributed by atoms with Gasteiger partial charge in [0.2, 0.25) is 4.96 Å². The Hall–Kier alpha value is -4.76. The summed E-state index contributed by atoms with van der Waals surface area (Å²) in [5.74, 6) is 2.14. The summed E-state index contributed by atoms with van der Waals surface area (Å²) in [6.07, 6.45) is 9.44. The summed E-state index contributed by atoms with van der Waals surface area (Å²) in [6, 6.07) is 25.5. The number of thiazole rings is 1. The molecular weight excluding hydrogens is 570 g/mol. The Morgan fingerprint density at radius 2 is 1.48 bits per heavy atom. The third-order valence-electron chi connectivity index (χ3n) is 7.21. The van der Waals surface area contributed by atoms with Crippen molar-refractivity contribution in [2.75, 3.05) is 13.2 Å². The normalized spacial score (nSPS) is 11.8. The van der Waals surface area contributed by atoms with Gasteiger partial charge in [0.15, 0.2) is 5.82 Å². The number of rotatable bonds is 13. The highest BCUT2D eigenvalue weighted by atomic mass is 32.1. The van der Waals surface area contributed by atoms with Crippen molar-refractivity contribution in [3.05, 3.63) is 106 Å². The second-order valence-electron chi connectivity index (χ2n) is 10.6. The van der Waals surface area contributed by atoms with Gasteiger partial charge in [0.05, 0.1) is 23.4 Å². The van der Waals surface area contributed by atoms with Crippen LogP contribution in [0.5, 0.6) is 11.5 Å². The molecule has 0 aliphatic rings. The monoisotopic (exact) mass is 605 g/mol. The molecule has 0 radical (unpaired) electrons. The zero-order valence-corrected chi connectivity index (χ0v) is 25.8. The Morgan fingerprint density at radius 1 is 0.773 bits per heavy atom. The number of aromatic nitrogens is 5. The van der Waals surface area contributed by atoms with Crippen LogP contribution >= 0.6 is 11.3 Å². The molecule has 0 fully saturated rings. The van der Waals surface area contributed by atoms with Crippen LogP contribution in [0, 0.1) is 0 Å². The van der Waals surface area contributed by atoms with Crippen LogP contribution in [-0.4, -0.2) is 37.6 Å². The first-order chi connectivity index (χ1) is 21.6. The second kappa shape index (κ2) is 13.7. The van der Waals surface area contributed by atoms with Crippen molar-refractivity contribution in [3.63, 3.8) is 0 Å². The maximum atomic E-state index is 13.5. The first-order valence-electron chi connectivity index (χ1n) is 15.2. The highest BCUT2D eigenvalue weighted by Crippen LogP contribution is 2.27. The summed E-state index contributed by atoms with van der Waals surface area (Å²) in [6.45, 7) is 5.66. The first-order valence-corrected chi connectivity index (χ1v) is 16.0. The van der Waals surface area contributed by atoms with Crippen LogP contribution in [0.15, 0.2) is 89.9 Å². The molecule has 3 aromatic heterocycles. The van der Waals surface area contributed by atoms with Crippen molar-refractivity contribution in [1.82, 2.24) is 24.4 Å². The summed E-state index contributed by atoms with van der Waals surface area (Å²) in [5, 5.41) is 9.45. The van der Waals surface area contributed by atoms with E-state index in [0.29, 0.717) is 28.5 Å². The molecule has 0 N–H and O–H groups in total. The number of hydrogen-bond acceptors (Lipinski definition) is 7. The predicted octanol–water partition coefficient (Wildman–Crippen LogP) is 6.97. The lowest BCUT2D eigenvalue weighted by atomic mass is 10.1. The van der Waals surface area contributed by atoms with Crippen molar-refractivity contribution in [1.29, 1.82) is 0 Å². The highest BCUT2D eigenvalue weighted by Gasteiger charge is 2.15. The molecule has 0 saturated carbocycles. The molecular formula is C35H35N5O3S. The largest absolute Gasteiger partial charge is 0.494 e. The smallest absolute Gasteiger partial charge is 0.291 e. The van der Waals surface area contributed by atoms with E-state index >= 15 is 0 Å². The van der Waals surface area contributed by atoms with Crippen molar-refractivity contribution in [3.8, 4) is 39.8 Å². The molecule has 3 aromatic carbocycles. The van der Waals surface area contributed by atoms with E-state index in [-0.39, 0.29) is 5.56 Å². The fourth-order valence-corrected chi connectivity index (χ4v) is 5.77. The zero-order chi connectivity index (χ0) is 30.3. The summed E-state index contributed by atoms with van der Waals surface area (Å²) in [4.78, 5) is 18.7. The number of para-hydroxylation sites is 1. The molecule has 0 spiro atoms. The fraction of sp³-hybridized carbons (Fsp3) is 0.257. The summed E-state index contributed by atoms with van der Waals surface area (Å²) >= 11 is 1.31. The summed E-state index contributed by atoms with van der Waals surface area (Å²) < 4.78 is 15.4. The van der Waals surface area contributed by atoms with Gasteiger partial charge in [0.1, 0.15) is 17.2 Å². The highest BCUT2D eigenvalue weighted by molar-refractivity contribution is 7.15. The maximum absolute atomic E-state index is 13.5. The first kappa shape index (κ1) is 29.3. The van der Waals surface area contributed by atoms with E-state index in [0.717, 1.165) is 52.4 Å². The Labute approximate surface area is 260 Å². The standard InChI is InChI=1S/C35H35N5O3S/c1-3-5-6-10-22-43-30-17-13-25(14-18-30)32-27(24-39(37-32)28-11-8-7-9-12-28)23-31-34(41)40-35(44-31)36-33(38-40)26-15-19-29(20-16-26)42-21-4-2/h7-9,11-20,23-24H,3-6,10,21-22H2,1-2H3. The number of hydrogen-bond donors (Lipinski definition) is 0. The van der Waals surface area contributed by atoms with Crippen LogP contribution in [0.4, 0.5) is 0 Å². The van der Waals surface area contributed by atoms with Crippen LogP contribution in [0.1, 0.15) is 51.5 Å². The molecule has 0 aliphatic carbocycles. The SMILES string of the molecule is CCCCCCOc1ccc(-c2nn(-c3ccccc3)cc2C=c2sc3nc(-c4ccc(OCCC)cc4)nn3c2=O)cc1. The summed E-state index contributed by atoms with van der Waals surface area (Å²) in [5.41, 5.74) is 4.08. The van der Waals surface area contributed by atoms with Crippen LogP contribution in [0.3, 0.4) is 0 Å². The fourth-order valence-electron chi connectivity index (χ4n) is 4.88. The molecule has 8 nitrogen and oxygen atoms in total. The van der Waals surface area contributed by atoms with Gasteiger partial charge in [0, 0.05) is 22.9 Å². The minimum atomic E-state index is -0.211. The van der Waals surface area contributed by atoms with E-state index in [2.05, 4.69) is 23.9 Å². The van der Waals surface area contributed by atoms with Crippen LogP contribution in [-0.2, 0) is 0 Å². The van der Waals surface area contributed by atoms with Gasteiger partial charge in [-0.25, -0.2) is 4.68 Å². The van der Waals surface area contributed by atoms with E-state index in [9.17, 15) is 4.79 Å². The van der Waals surface area contributed by atoms with Gasteiger partial charge >= 0.3 is 0 Å². The van der Waals surface area contributed by atoms with Gasteiger partial charge in [-0.1, -0.05) is 62.6 Å². The van der Waals surface area contributed by atoms with Gasteiger partial charge in [0.25, 0.3) is 5.56 Å². The Kier molecular flexibility index (Phi) is 9.12. The van der Waals surface area contributed by atoms with Crippen LogP contribution < -0.4 is 19.6 Å². The predicted molar refractivity (Wildman–Crippen MR) is 176 cm³/mol.